The maximum atomic E-state index is 6.31. The molecule has 0 saturated heterocycles. The first-order chi connectivity index (χ1) is 9.60. The van der Waals surface area contributed by atoms with Gasteiger partial charge in [-0.2, -0.15) is 0 Å². The lowest BCUT2D eigenvalue weighted by molar-refractivity contribution is 0.396. The number of hydrogen-bond donors (Lipinski definition) is 1. The molecular formula is C16H18ClNO2. The largest absolute Gasteiger partial charge is 0.495 e. The van der Waals surface area contributed by atoms with Crippen molar-refractivity contribution in [3.05, 3.63) is 47.0 Å². The van der Waals surface area contributed by atoms with E-state index in [1.807, 2.05) is 43.3 Å². The van der Waals surface area contributed by atoms with E-state index in [1.165, 1.54) is 0 Å². The van der Waals surface area contributed by atoms with E-state index in [0.29, 0.717) is 16.5 Å². The summed E-state index contributed by atoms with van der Waals surface area (Å²) in [6, 6.07) is 11.7. The van der Waals surface area contributed by atoms with Gasteiger partial charge < -0.3 is 15.2 Å². The molecule has 1 atom stereocenters. The molecule has 106 valence electrons. The van der Waals surface area contributed by atoms with Gasteiger partial charge in [-0.3, -0.25) is 0 Å². The molecule has 0 spiro atoms. The minimum Gasteiger partial charge on any atom is -0.495 e. The van der Waals surface area contributed by atoms with Gasteiger partial charge in [0.15, 0.2) is 0 Å². The summed E-state index contributed by atoms with van der Waals surface area (Å²) in [5.74, 6) is 1.18. The molecule has 0 amide bonds. The summed E-state index contributed by atoms with van der Waals surface area (Å²) in [5, 5.41) is 0.465. The van der Waals surface area contributed by atoms with Gasteiger partial charge >= 0.3 is 0 Å². The van der Waals surface area contributed by atoms with Crippen LogP contribution in [0.3, 0.4) is 0 Å². The lowest BCUT2D eigenvalue weighted by Gasteiger charge is -2.17. The Balaban J connectivity index is 2.67. The molecule has 0 bridgehead atoms. The Bertz CT molecular complexity index is 611. The maximum absolute atomic E-state index is 6.31. The zero-order chi connectivity index (χ0) is 14.7. The third kappa shape index (κ3) is 2.60. The van der Waals surface area contributed by atoms with Gasteiger partial charge in [-0.25, -0.2) is 0 Å². The van der Waals surface area contributed by atoms with Crippen molar-refractivity contribution in [2.24, 2.45) is 5.73 Å². The first-order valence-corrected chi connectivity index (χ1v) is 6.73. The summed E-state index contributed by atoms with van der Waals surface area (Å²) in [6.45, 7) is 1.95. The lowest BCUT2D eigenvalue weighted by Crippen LogP contribution is -2.07. The number of ether oxygens (including phenoxy) is 2. The number of benzene rings is 2. The van der Waals surface area contributed by atoms with E-state index in [-0.39, 0.29) is 6.04 Å². The zero-order valence-corrected chi connectivity index (χ0v) is 12.6. The Kier molecular flexibility index (Phi) is 4.53. The maximum Gasteiger partial charge on any atom is 0.149 e. The fourth-order valence-electron chi connectivity index (χ4n) is 2.25. The fraction of sp³-hybridized carbons (Fsp3) is 0.250. The van der Waals surface area contributed by atoms with E-state index in [0.717, 1.165) is 16.7 Å². The molecule has 20 heavy (non-hydrogen) atoms. The van der Waals surface area contributed by atoms with Crippen LogP contribution in [0.5, 0.6) is 11.5 Å². The molecule has 2 aromatic carbocycles. The van der Waals surface area contributed by atoms with Crippen LogP contribution in [0.25, 0.3) is 11.1 Å². The van der Waals surface area contributed by atoms with Gasteiger partial charge in [0.1, 0.15) is 16.5 Å². The molecule has 0 aliphatic heterocycles. The molecule has 3 nitrogen and oxygen atoms in total. The highest BCUT2D eigenvalue weighted by atomic mass is 35.5. The van der Waals surface area contributed by atoms with Gasteiger partial charge in [-0.15, -0.1) is 0 Å². The number of hydrogen-bond acceptors (Lipinski definition) is 3. The summed E-state index contributed by atoms with van der Waals surface area (Å²) < 4.78 is 10.7. The van der Waals surface area contributed by atoms with Crippen molar-refractivity contribution in [1.29, 1.82) is 0 Å². The van der Waals surface area contributed by atoms with Crippen molar-refractivity contribution in [2.45, 2.75) is 13.0 Å². The Morgan fingerprint density at radius 3 is 2.30 bits per heavy atom. The first-order valence-electron chi connectivity index (χ1n) is 6.35. The van der Waals surface area contributed by atoms with E-state index in [9.17, 15) is 0 Å². The van der Waals surface area contributed by atoms with Crippen LogP contribution in [0, 0.1) is 0 Å². The predicted octanol–water partition coefficient (Wildman–Crippen LogP) is 4.04. The second-order valence-corrected chi connectivity index (χ2v) is 4.92. The van der Waals surface area contributed by atoms with Crippen LogP contribution in [0.15, 0.2) is 36.4 Å². The van der Waals surface area contributed by atoms with Gasteiger partial charge in [0.05, 0.1) is 14.2 Å². The Hall–Kier alpha value is -1.71. The van der Waals surface area contributed by atoms with Crippen molar-refractivity contribution in [3.63, 3.8) is 0 Å². The molecule has 0 aromatic heterocycles. The van der Waals surface area contributed by atoms with Crippen LogP contribution in [0.4, 0.5) is 0 Å². The minimum atomic E-state index is -0.0724. The minimum absolute atomic E-state index is 0.0724. The summed E-state index contributed by atoms with van der Waals surface area (Å²) in [5.41, 5.74) is 9.01. The molecule has 0 aliphatic carbocycles. The lowest BCUT2D eigenvalue weighted by atomic mass is 9.95. The van der Waals surface area contributed by atoms with E-state index >= 15 is 0 Å². The highest BCUT2D eigenvalue weighted by Crippen LogP contribution is 2.43. The van der Waals surface area contributed by atoms with Gasteiger partial charge in [0.25, 0.3) is 0 Å². The van der Waals surface area contributed by atoms with Crippen LogP contribution in [-0.4, -0.2) is 14.2 Å². The van der Waals surface area contributed by atoms with Crippen molar-refractivity contribution in [3.8, 4) is 22.6 Å². The van der Waals surface area contributed by atoms with Crippen molar-refractivity contribution in [1.82, 2.24) is 0 Å². The molecule has 1 unspecified atom stereocenters. The number of nitrogens with two attached hydrogens (primary N) is 1. The van der Waals surface area contributed by atoms with E-state index in [1.54, 1.807) is 14.2 Å². The topological polar surface area (TPSA) is 44.5 Å². The normalized spacial score (nSPS) is 12.1. The van der Waals surface area contributed by atoms with Crippen LogP contribution in [-0.2, 0) is 0 Å². The van der Waals surface area contributed by atoms with Gasteiger partial charge in [-0.1, -0.05) is 35.9 Å². The summed E-state index contributed by atoms with van der Waals surface area (Å²) in [7, 11) is 3.18. The molecule has 0 heterocycles. The molecule has 0 aliphatic rings. The molecule has 2 N–H and O–H groups in total. The Labute approximate surface area is 124 Å². The van der Waals surface area contributed by atoms with Gasteiger partial charge in [-0.05, 0) is 30.2 Å². The van der Waals surface area contributed by atoms with E-state index in [2.05, 4.69) is 0 Å². The highest BCUT2D eigenvalue weighted by molar-refractivity contribution is 6.34. The first kappa shape index (κ1) is 14.7. The second-order valence-electron chi connectivity index (χ2n) is 4.54. The monoisotopic (exact) mass is 291 g/mol. The Morgan fingerprint density at radius 1 is 1.00 bits per heavy atom. The third-order valence-corrected chi connectivity index (χ3v) is 3.59. The Morgan fingerprint density at radius 2 is 1.70 bits per heavy atom. The average Bonchev–Trinajstić information content (AvgIpc) is 2.46. The van der Waals surface area contributed by atoms with Gasteiger partial charge in [0.2, 0.25) is 0 Å². The summed E-state index contributed by atoms with van der Waals surface area (Å²) in [4.78, 5) is 0. The van der Waals surface area contributed by atoms with Crippen LogP contribution in [0.2, 0.25) is 5.02 Å². The van der Waals surface area contributed by atoms with Crippen LogP contribution in [0.1, 0.15) is 18.5 Å². The van der Waals surface area contributed by atoms with Crippen molar-refractivity contribution >= 4 is 11.6 Å². The molecule has 4 heteroatoms. The zero-order valence-electron chi connectivity index (χ0n) is 11.8. The van der Waals surface area contributed by atoms with E-state index < -0.39 is 0 Å². The van der Waals surface area contributed by atoms with Crippen LogP contribution < -0.4 is 15.2 Å². The molecular weight excluding hydrogens is 274 g/mol. The molecule has 2 aromatic rings. The van der Waals surface area contributed by atoms with Gasteiger partial charge in [0, 0.05) is 11.6 Å². The van der Waals surface area contributed by atoms with Crippen molar-refractivity contribution < 1.29 is 9.47 Å². The van der Waals surface area contributed by atoms with E-state index in [4.69, 9.17) is 26.8 Å². The SMILES string of the molecule is COc1ccc(-c2ccccc2C(C)N)c(OC)c1Cl. The summed E-state index contributed by atoms with van der Waals surface area (Å²) >= 11 is 6.31. The molecule has 0 saturated carbocycles. The summed E-state index contributed by atoms with van der Waals surface area (Å²) in [6.07, 6.45) is 0. The molecule has 0 fully saturated rings. The molecule has 2 rings (SSSR count). The number of halogens is 1. The fourth-order valence-corrected chi connectivity index (χ4v) is 2.57. The number of methoxy groups -OCH3 is 2. The smallest absolute Gasteiger partial charge is 0.149 e. The van der Waals surface area contributed by atoms with Crippen LogP contribution >= 0.6 is 11.6 Å². The average molecular weight is 292 g/mol. The third-order valence-electron chi connectivity index (χ3n) is 3.23. The molecule has 0 radical (unpaired) electrons. The van der Waals surface area contributed by atoms with Crippen molar-refractivity contribution in [2.75, 3.05) is 14.2 Å². The highest BCUT2D eigenvalue weighted by Gasteiger charge is 2.17. The quantitative estimate of drug-likeness (QED) is 0.924. The number of rotatable bonds is 4. The second kappa shape index (κ2) is 6.16. The predicted molar refractivity (Wildman–Crippen MR) is 82.6 cm³/mol. The standard InChI is InChI=1S/C16H18ClNO2/c1-10(18)11-6-4-5-7-12(11)13-8-9-14(19-2)15(17)16(13)20-3/h4-10H,18H2,1-3H3.